The van der Waals surface area contributed by atoms with Gasteiger partial charge in [0, 0.05) is 33.2 Å². The van der Waals surface area contributed by atoms with Gasteiger partial charge in [-0.15, -0.1) is 0 Å². The number of carbonyl (C=O) groups excluding carboxylic acids is 1. The Bertz CT molecular complexity index is 1190. The maximum atomic E-state index is 14.1. The molecule has 0 saturated carbocycles. The number of fused-ring (bicyclic) bond motifs is 3. The van der Waals surface area contributed by atoms with Crippen LogP contribution in [0.2, 0.25) is 25.7 Å². The molecule has 3 aliphatic rings. The number of anilines is 1. The molecule has 0 aromatic heterocycles. The Morgan fingerprint density at radius 2 is 1.97 bits per heavy atom. The highest BCUT2D eigenvalue weighted by Gasteiger charge is 2.47. The Kier molecular flexibility index (Phi) is 7.06. The Morgan fingerprint density at radius 1 is 1.32 bits per heavy atom. The molecule has 2 amide bonds. The van der Waals surface area contributed by atoms with Crippen LogP contribution in [0.5, 0.6) is 5.75 Å². The van der Waals surface area contributed by atoms with Gasteiger partial charge in [-0.05, 0) is 36.2 Å². The van der Waals surface area contributed by atoms with Gasteiger partial charge in [-0.2, -0.15) is 18.3 Å². The molecule has 1 N–H and O–H groups in total. The number of benzene rings is 1. The van der Waals surface area contributed by atoms with Crippen molar-refractivity contribution >= 4 is 37.2 Å². The summed E-state index contributed by atoms with van der Waals surface area (Å²) < 4.78 is 53.8. The predicted octanol–water partition coefficient (Wildman–Crippen LogP) is 4.77. The van der Waals surface area contributed by atoms with Gasteiger partial charge in [-0.3, -0.25) is 4.79 Å². The fourth-order valence-electron chi connectivity index (χ4n) is 4.80. The minimum absolute atomic E-state index is 0.0155. The highest BCUT2D eigenvalue weighted by molar-refractivity contribution is 6.76. The van der Waals surface area contributed by atoms with Gasteiger partial charge in [0.2, 0.25) is 0 Å². The van der Waals surface area contributed by atoms with E-state index in [1.54, 1.807) is 18.7 Å². The number of carbonyl (C=O) groups is 2. The third-order valence-corrected chi connectivity index (χ3v) is 8.85. The number of ether oxygens (including phenoxy) is 2. The Balaban J connectivity index is 1.65. The van der Waals surface area contributed by atoms with Crippen molar-refractivity contribution in [3.8, 4) is 5.75 Å². The van der Waals surface area contributed by atoms with E-state index in [-0.39, 0.29) is 54.9 Å². The van der Waals surface area contributed by atoms with Crippen LogP contribution in [0, 0.1) is 5.41 Å². The zero-order valence-corrected chi connectivity index (χ0v) is 23.2. The van der Waals surface area contributed by atoms with Crippen LogP contribution in [0.4, 0.5) is 23.7 Å². The average Bonchev–Trinajstić information content (AvgIpc) is 2.79. The van der Waals surface area contributed by atoms with Crippen LogP contribution in [0.25, 0.3) is 5.57 Å². The van der Waals surface area contributed by atoms with Gasteiger partial charge in [0.05, 0.1) is 11.3 Å². The summed E-state index contributed by atoms with van der Waals surface area (Å²) in [6.07, 6.45) is -5.84. The lowest BCUT2D eigenvalue weighted by Crippen LogP contribution is -2.57. The van der Waals surface area contributed by atoms with Crippen LogP contribution in [-0.4, -0.2) is 80.0 Å². The molecule has 1 fully saturated rings. The Morgan fingerprint density at radius 3 is 2.55 bits per heavy atom. The summed E-state index contributed by atoms with van der Waals surface area (Å²) in [7, 11) is -1.31. The normalized spacial score (nSPS) is 20.7. The van der Waals surface area contributed by atoms with Crippen molar-refractivity contribution < 1.29 is 37.3 Å². The van der Waals surface area contributed by atoms with Gasteiger partial charge in [0.1, 0.15) is 25.1 Å². The van der Waals surface area contributed by atoms with E-state index in [0.29, 0.717) is 12.4 Å². The molecule has 0 spiro atoms. The first-order valence-electron chi connectivity index (χ1n) is 12.3. The van der Waals surface area contributed by atoms with Crippen molar-refractivity contribution in [3.05, 3.63) is 29.8 Å². The number of hydrogen-bond acceptors (Lipinski definition) is 6. The SMILES string of the molecule is C=C(c1cc2c(cc1C(F)(F)F)OCC1=NN(COCC[Si](C)(C)C)C(=O)C(C)N12)C1(C)CN(C(=O)O)C1. The minimum atomic E-state index is -4.70. The Labute approximate surface area is 220 Å². The summed E-state index contributed by atoms with van der Waals surface area (Å²) in [6.45, 7) is 14.4. The van der Waals surface area contributed by atoms with Crippen LogP contribution in [0.3, 0.4) is 0 Å². The molecule has 0 bridgehead atoms. The molecule has 9 nitrogen and oxygen atoms in total. The maximum absolute atomic E-state index is 14.1. The molecule has 13 heteroatoms. The molecular formula is C25H33F3N4O5Si. The third-order valence-electron chi connectivity index (χ3n) is 7.15. The maximum Gasteiger partial charge on any atom is 0.417 e. The fraction of sp³-hybridized carbons (Fsp3) is 0.560. The number of amidine groups is 1. The van der Waals surface area contributed by atoms with Crippen LogP contribution in [-0.2, 0) is 15.7 Å². The van der Waals surface area contributed by atoms with Crippen LogP contribution in [0.15, 0.2) is 23.8 Å². The highest BCUT2D eigenvalue weighted by atomic mass is 28.3. The van der Waals surface area contributed by atoms with Crippen molar-refractivity contribution in [1.82, 2.24) is 9.91 Å². The monoisotopic (exact) mass is 554 g/mol. The predicted molar refractivity (Wildman–Crippen MR) is 139 cm³/mol. The topological polar surface area (TPSA) is 94.9 Å². The van der Waals surface area contributed by atoms with E-state index in [9.17, 15) is 27.9 Å². The largest absolute Gasteiger partial charge is 0.483 e. The highest BCUT2D eigenvalue weighted by Crippen LogP contribution is 2.49. The summed E-state index contributed by atoms with van der Waals surface area (Å²) in [5.74, 6) is 0.0118. The van der Waals surface area contributed by atoms with Crippen LogP contribution >= 0.6 is 0 Å². The van der Waals surface area contributed by atoms with Crippen molar-refractivity contribution in [3.63, 3.8) is 0 Å². The molecule has 0 radical (unpaired) electrons. The van der Waals surface area contributed by atoms with Gasteiger partial charge in [-0.1, -0.05) is 33.1 Å². The molecule has 1 saturated heterocycles. The lowest BCUT2D eigenvalue weighted by Gasteiger charge is -2.48. The lowest BCUT2D eigenvalue weighted by molar-refractivity contribution is -0.139. The summed E-state index contributed by atoms with van der Waals surface area (Å²) in [5, 5.41) is 14.8. The van der Waals surface area contributed by atoms with Gasteiger partial charge < -0.3 is 24.4 Å². The first-order chi connectivity index (χ1) is 17.5. The summed E-state index contributed by atoms with van der Waals surface area (Å²) in [4.78, 5) is 27.1. The van der Waals surface area contributed by atoms with E-state index in [4.69, 9.17) is 9.47 Å². The quantitative estimate of drug-likeness (QED) is 0.385. The number of carboxylic acid groups (broad SMARTS) is 1. The van der Waals surface area contributed by atoms with E-state index in [1.165, 1.54) is 11.1 Å². The number of likely N-dealkylation sites (tertiary alicyclic amines) is 1. The third kappa shape index (κ3) is 5.26. The molecule has 1 aromatic rings. The molecule has 4 rings (SSSR count). The number of hydrogen-bond donors (Lipinski definition) is 1. The second-order valence-corrected chi connectivity index (χ2v) is 17.1. The van der Waals surface area contributed by atoms with Crippen LogP contribution in [0.1, 0.15) is 25.0 Å². The van der Waals surface area contributed by atoms with Gasteiger partial charge in [0.25, 0.3) is 5.91 Å². The zero-order valence-electron chi connectivity index (χ0n) is 22.2. The molecular weight excluding hydrogens is 521 g/mol. The molecule has 1 aromatic carbocycles. The second-order valence-electron chi connectivity index (χ2n) is 11.5. The first kappa shape index (κ1) is 28.0. The molecule has 3 aliphatic heterocycles. The van der Waals surface area contributed by atoms with E-state index in [1.807, 2.05) is 0 Å². The number of alkyl halides is 3. The lowest BCUT2D eigenvalue weighted by atomic mass is 9.72. The van der Waals surface area contributed by atoms with Crippen LogP contribution < -0.4 is 9.64 Å². The first-order valence-corrected chi connectivity index (χ1v) is 16.0. The van der Waals surface area contributed by atoms with Crippen molar-refractivity contribution in [1.29, 1.82) is 0 Å². The van der Waals surface area contributed by atoms with Gasteiger partial charge >= 0.3 is 12.3 Å². The number of rotatable bonds is 7. The molecule has 3 heterocycles. The average molecular weight is 555 g/mol. The minimum Gasteiger partial charge on any atom is -0.483 e. The fourth-order valence-corrected chi connectivity index (χ4v) is 5.56. The van der Waals surface area contributed by atoms with E-state index in [0.717, 1.165) is 17.0 Å². The smallest absolute Gasteiger partial charge is 0.417 e. The summed E-state index contributed by atoms with van der Waals surface area (Å²) in [6, 6.07) is 2.42. The molecule has 1 atom stereocenters. The van der Waals surface area contributed by atoms with E-state index < -0.39 is 37.4 Å². The summed E-state index contributed by atoms with van der Waals surface area (Å²) in [5.41, 5.74) is -1.51. The van der Waals surface area contributed by atoms with Crippen molar-refractivity contribution in [2.75, 3.05) is 37.9 Å². The Hall–Kier alpha value is -3.06. The zero-order chi connectivity index (χ0) is 28.2. The molecule has 0 aliphatic carbocycles. The number of hydrazone groups is 1. The van der Waals surface area contributed by atoms with E-state index in [2.05, 4.69) is 31.3 Å². The van der Waals surface area contributed by atoms with Gasteiger partial charge in [0.15, 0.2) is 5.84 Å². The number of halogens is 3. The van der Waals surface area contributed by atoms with Crippen molar-refractivity contribution in [2.45, 2.75) is 51.8 Å². The van der Waals surface area contributed by atoms with Gasteiger partial charge in [-0.25, -0.2) is 9.80 Å². The van der Waals surface area contributed by atoms with E-state index >= 15 is 0 Å². The number of amides is 2. The van der Waals surface area contributed by atoms with Crippen molar-refractivity contribution in [2.24, 2.45) is 10.5 Å². The molecule has 38 heavy (non-hydrogen) atoms. The second kappa shape index (κ2) is 9.60. The molecule has 1 unspecified atom stereocenters. The number of nitrogens with zero attached hydrogens (tertiary/aromatic N) is 4. The summed E-state index contributed by atoms with van der Waals surface area (Å²) >= 11 is 0. The standard InChI is InChI=1S/C25H33F3N4O5Si/c1-15(24(3)12-30(13-24)23(34)35)17-9-19-20(10-18(17)25(26,27)28)37-11-21-29-31(22(33)16(2)32(19)21)14-36-7-8-38(4,5)6/h9-10,16H,1,7-8,11-14H2,2-6H3,(H,34,35). The molecule has 208 valence electrons.